The lowest BCUT2D eigenvalue weighted by Crippen LogP contribution is -2.24. The number of hydrogen-bond acceptors (Lipinski definition) is 5. The third-order valence-corrected chi connectivity index (χ3v) is 2.54. The maximum Gasteiger partial charge on any atom is 0.268 e. The second-order valence-corrected chi connectivity index (χ2v) is 4.04. The van der Waals surface area contributed by atoms with Crippen LogP contribution in [0.2, 0.25) is 0 Å². The molecule has 0 radical (unpaired) electrons. The first kappa shape index (κ1) is 14.7. The number of nitrogens with one attached hydrogen (secondary N) is 2. The van der Waals surface area contributed by atoms with Crippen LogP contribution in [-0.2, 0) is 11.3 Å². The molecule has 0 bridgehead atoms. The van der Waals surface area contributed by atoms with Gasteiger partial charge >= 0.3 is 0 Å². The van der Waals surface area contributed by atoms with Gasteiger partial charge in [0.1, 0.15) is 0 Å². The summed E-state index contributed by atoms with van der Waals surface area (Å²) < 4.78 is 6.45. The van der Waals surface area contributed by atoms with Crippen LogP contribution >= 0.6 is 0 Å². The highest BCUT2D eigenvalue weighted by Crippen LogP contribution is 1.99. The molecule has 0 atom stereocenters. The number of aromatic nitrogens is 2. The van der Waals surface area contributed by atoms with Gasteiger partial charge in [-0.3, -0.25) is 4.79 Å². The van der Waals surface area contributed by atoms with E-state index in [2.05, 4.69) is 15.7 Å². The lowest BCUT2D eigenvalue weighted by atomic mass is 10.3. The number of unbranched alkanes of at least 4 members (excludes halogenated alkanes) is 1. The highest BCUT2D eigenvalue weighted by molar-refractivity contribution is 5.38. The normalized spacial score (nSPS) is 10.6. The Labute approximate surface area is 107 Å². The van der Waals surface area contributed by atoms with Gasteiger partial charge < -0.3 is 15.4 Å². The minimum atomic E-state index is -0.0677. The topological polar surface area (TPSA) is 68.2 Å². The summed E-state index contributed by atoms with van der Waals surface area (Å²) >= 11 is 0. The van der Waals surface area contributed by atoms with Crippen molar-refractivity contribution >= 4 is 5.69 Å². The summed E-state index contributed by atoms with van der Waals surface area (Å²) in [6.45, 7) is 2.98. The van der Waals surface area contributed by atoms with Crippen LogP contribution in [0.5, 0.6) is 0 Å². The maximum absolute atomic E-state index is 11.8. The summed E-state index contributed by atoms with van der Waals surface area (Å²) in [5, 5.41) is 10.3. The average Bonchev–Trinajstić information content (AvgIpc) is 2.37. The molecule has 1 heterocycles. The summed E-state index contributed by atoms with van der Waals surface area (Å²) in [6, 6.07) is 1.58. The number of nitrogens with zero attached hydrogens (tertiary/aromatic N) is 2. The number of hydrogen-bond donors (Lipinski definition) is 2. The van der Waals surface area contributed by atoms with E-state index in [4.69, 9.17) is 4.74 Å². The molecule has 0 aromatic carbocycles. The molecule has 0 aliphatic heterocycles. The number of rotatable bonds is 9. The van der Waals surface area contributed by atoms with Crippen LogP contribution in [0.3, 0.4) is 0 Å². The van der Waals surface area contributed by atoms with Crippen molar-refractivity contribution in [1.29, 1.82) is 0 Å². The zero-order chi connectivity index (χ0) is 13.2. The summed E-state index contributed by atoms with van der Waals surface area (Å²) in [5.74, 6) is 0. The number of likely N-dealkylation sites (N-methyl/N-ethyl adjacent to an activating group) is 1. The third kappa shape index (κ3) is 5.29. The van der Waals surface area contributed by atoms with Gasteiger partial charge in [0.25, 0.3) is 5.56 Å². The summed E-state index contributed by atoms with van der Waals surface area (Å²) in [4.78, 5) is 11.8. The van der Waals surface area contributed by atoms with Crippen molar-refractivity contribution in [2.24, 2.45) is 0 Å². The fourth-order valence-electron chi connectivity index (χ4n) is 1.54. The predicted molar refractivity (Wildman–Crippen MR) is 72.0 cm³/mol. The smallest absolute Gasteiger partial charge is 0.268 e. The minimum absolute atomic E-state index is 0.0677. The van der Waals surface area contributed by atoms with E-state index in [1.807, 2.05) is 7.05 Å². The number of methoxy groups -OCH3 is 1. The zero-order valence-electron chi connectivity index (χ0n) is 11.1. The van der Waals surface area contributed by atoms with Crippen molar-refractivity contribution in [2.75, 3.05) is 39.2 Å². The van der Waals surface area contributed by atoms with Gasteiger partial charge in [-0.25, -0.2) is 4.68 Å². The molecule has 0 aliphatic rings. The Kier molecular flexibility index (Phi) is 7.05. The van der Waals surface area contributed by atoms with E-state index in [-0.39, 0.29) is 5.56 Å². The largest absolute Gasteiger partial charge is 0.385 e. The van der Waals surface area contributed by atoms with E-state index >= 15 is 0 Å². The molecular formula is C12H22N4O2. The molecule has 102 valence electrons. The summed E-state index contributed by atoms with van der Waals surface area (Å²) in [7, 11) is 3.56. The van der Waals surface area contributed by atoms with Crippen LogP contribution < -0.4 is 16.2 Å². The van der Waals surface area contributed by atoms with Crippen molar-refractivity contribution in [2.45, 2.75) is 19.4 Å². The Morgan fingerprint density at radius 1 is 1.39 bits per heavy atom. The zero-order valence-corrected chi connectivity index (χ0v) is 11.1. The lowest BCUT2D eigenvalue weighted by Gasteiger charge is -2.07. The molecule has 0 unspecified atom stereocenters. The van der Waals surface area contributed by atoms with Gasteiger partial charge in [0.15, 0.2) is 0 Å². The number of anilines is 1. The highest BCUT2D eigenvalue weighted by atomic mass is 16.5. The van der Waals surface area contributed by atoms with Gasteiger partial charge in [0.05, 0.1) is 11.9 Å². The first-order valence-electron chi connectivity index (χ1n) is 6.22. The lowest BCUT2D eigenvalue weighted by molar-refractivity contribution is 0.190. The summed E-state index contributed by atoms with van der Waals surface area (Å²) in [6.07, 6.45) is 3.52. The highest BCUT2D eigenvalue weighted by Gasteiger charge is 1.99. The Hall–Kier alpha value is -1.40. The van der Waals surface area contributed by atoms with Crippen LogP contribution in [0.1, 0.15) is 12.8 Å². The van der Waals surface area contributed by atoms with Gasteiger partial charge in [-0.2, -0.15) is 5.10 Å². The van der Waals surface area contributed by atoms with Crippen molar-refractivity contribution in [3.63, 3.8) is 0 Å². The Bertz CT molecular complexity index is 392. The van der Waals surface area contributed by atoms with E-state index in [0.29, 0.717) is 6.54 Å². The molecule has 1 rings (SSSR count). The summed E-state index contributed by atoms with van der Waals surface area (Å²) in [5.41, 5.74) is 0.699. The van der Waals surface area contributed by atoms with Crippen molar-refractivity contribution < 1.29 is 4.74 Å². The van der Waals surface area contributed by atoms with E-state index in [1.54, 1.807) is 19.4 Å². The van der Waals surface area contributed by atoms with Gasteiger partial charge in [-0.05, 0) is 19.9 Å². The molecule has 6 nitrogen and oxygen atoms in total. The fraction of sp³-hybridized carbons (Fsp3) is 0.667. The van der Waals surface area contributed by atoms with Crippen LogP contribution in [0.15, 0.2) is 17.1 Å². The fourth-order valence-corrected chi connectivity index (χ4v) is 1.54. The third-order valence-electron chi connectivity index (χ3n) is 2.54. The quantitative estimate of drug-likeness (QED) is 0.620. The Morgan fingerprint density at radius 2 is 2.22 bits per heavy atom. The Balaban J connectivity index is 2.44. The van der Waals surface area contributed by atoms with E-state index < -0.39 is 0 Å². The second kappa shape index (κ2) is 8.66. The van der Waals surface area contributed by atoms with Gasteiger partial charge in [0.2, 0.25) is 0 Å². The number of aryl methyl sites for hydroxylation is 1. The van der Waals surface area contributed by atoms with Crippen molar-refractivity contribution in [3.8, 4) is 0 Å². The molecule has 6 heteroatoms. The molecule has 0 amide bonds. The first-order valence-corrected chi connectivity index (χ1v) is 6.22. The number of ether oxygens (including phenoxy) is 1. The molecule has 0 spiro atoms. The van der Waals surface area contributed by atoms with E-state index in [0.717, 1.165) is 38.2 Å². The molecular weight excluding hydrogens is 232 g/mol. The molecule has 1 aromatic heterocycles. The Morgan fingerprint density at radius 3 is 2.89 bits per heavy atom. The molecule has 18 heavy (non-hydrogen) atoms. The molecule has 0 saturated carbocycles. The maximum atomic E-state index is 11.8. The van der Waals surface area contributed by atoms with E-state index in [1.165, 1.54) is 4.68 Å². The van der Waals surface area contributed by atoms with E-state index in [9.17, 15) is 4.79 Å². The van der Waals surface area contributed by atoms with Gasteiger partial charge in [-0.1, -0.05) is 0 Å². The molecule has 1 aromatic rings. The molecule has 0 saturated heterocycles. The standard InChI is InChI=1S/C12H22N4O2/c1-13-5-6-14-11-9-12(17)16(15-10-11)7-3-4-8-18-2/h9-10,13-14H,3-8H2,1-2H3. The van der Waals surface area contributed by atoms with Crippen LogP contribution in [-0.4, -0.2) is 43.6 Å². The molecule has 0 fully saturated rings. The van der Waals surface area contributed by atoms with Crippen LogP contribution in [0.25, 0.3) is 0 Å². The first-order chi connectivity index (χ1) is 8.77. The minimum Gasteiger partial charge on any atom is -0.385 e. The van der Waals surface area contributed by atoms with Crippen LogP contribution in [0.4, 0.5) is 5.69 Å². The van der Waals surface area contributed by atoms with Crippen molar-refractivity contribution in [3.05, 3.63) is 22.6 Å². The average molecular weight is 254 g/mol. The van der Waals surface area contributed by atoms with Gasteiger partial charge in [0, 0.05) is 39.4 Å². The van der Waals surface area contributed by atoms with Crippen molar-refractivity contribution in [1.82, 2.24) is 15.1 Å². The predicted octanol–water partition coefficient (Wildman–Crippen LogP) is 0.301. The van der Waals surface area contributed by atoms with Crippen LogP contribution in [0, 0.1) is 0 Å². The SMILES string of the molecule is CNCCNc1cnn(CCCCOC)c(=O)c1. The molecule has 2 N–H and O–H groups in total. The second-order valence-electron chi connectivity index (χ2n) is 4.04. The monoisotopic (exact) mass is 254 g/mol. The van der Waals surface area contributed by atoms with Gasteiger partial charge in [-0.15, -0.1) is 0 Å². The molecule has 0 aliphatic carbocycles.